The number of rotatable bonds is 4. The van der Waals surface area contributed by atoms with Crippen LogP contribution in [0.15, 0.2) is 33.2 Å². The maximum atomic E-state index is 12.6. The monoisotopic (exact) mass is 336 g/mol. The van der Waals surface area contributed by atoms with Crippen molar-refractivity contribution in [3.63, 3.8) is 0 Å². The first-order valence-electron chi connectivity index (χ1n) is 6.46. The average molecular weight is 336 g/mol. The number of hydrogen-bond acceptors (Lipinski definition) is 3. The van der Waals surface area contributed by atoms with Crippen molar-refractivity contribution in [1.82, 2.24) is 0 Å². The van der Waals surface area contributed by atoms with Crippen molar-refractivity contribution >= 4 is 18.2 Å². The third kappa shape index (κ3) is 4.75. The fourth-order valence-corrected chi connectivity index (χ4v) is 6.10. The van der Waals surface area contributed by atoms with Crippen molar-refractivity contribution < 1.29 is 17.7 Å². The lowest BCUT2D eigenvalue weighted by Gasteiger charge is -2.32. The molecule has 0 amide bonds. The van der Waals surface area contributed by atoms with Crippen LogP contribution in [0.3, 0.4) is 0 Å². The molecule has 1 rings (SSSR count). The van der Waals surface area contributed by atoms with Gasteiger partial charge in [-0.3, -0.25) is 4.03 Å². The Hall–Kier alpha value is -0.993. The molecule has 8 heteroatoms. The van der Waals surface area contributed by atoms with E-state index >= 15 is 0 Å². The molecular weight excluding hydrogens is 314 g/mol. The summed E-state index contributed by atoms with van der Waals surface area (Å²) in [7, 11) is -5.24. The van der Waals surface area contributed by atoms with Crippen LogP contribution >= 0.6 is 0 Å². The Morgan fingerprint density at radius 3 is 2.10 bits per heavy atom. The summed E-state index contributed by atoms with van der Waals surface area (Å²) in [5, 5.41) is 5.79. The van der Waals surface area contributed by atoms with Gasteiger partial charge in [0.25, 0.3) is 0 Å². The zero-order chi connectivity index (χ0) is 16.5. The van der Waals surface area contributed by atoms with E-state index in [0.29, 0.717) is 4.90 Å². The first-order chi connectivity index (χ1) is 9.35. The first kappa shape index (κ1) is 18.1. The number of alkyl halides is 2. The van der Waals surface area contributed by atoms with Crippen LogP contribution in [0.4, 0.5) is 8.78 Å². The van der Waals surface area contributed by atoms with E-state index in [9.17, 15) is 13.0 Å². The molecule has 4 nitrogen and oxygen atoms in total. The summed E-state index contributed by atoms with van der Waals surface area (Å²) in [5.41, 5.74) is 0. The quantitative estimate of drug-likeness (QED) is 0.845. The van der Waals surface area contributed by atoms with E-state index < -0.39 is 24.8 Å². The molecule has 0 aliphatic heterocycles. The van der Waals surface area contributed by atoms with Crippen LogP contribution in [0.1, 0.15) is 20.8 Å². The molecule has 120 valence electrons. The second-order valence-electron chi connectivity index (χ2n) is 6.32. The molecule has 0 spiro atoms. The van der Waals surface area contributed by atoms with Crippen LogP contribution in [0, 0.1) is 0 Å². The maximum absolute atomic E-state index is 12.6. The van der Waals surface area contributed by atoms with Crippen LogP contribution < -0.4 is 9.88 Å². The highest BCUT2D eigenvalue weighted by atomic mass is 32.2. The number of nitrogens with two attached hydrogens (primary N) is 1. The molecule has 0 aliphatic rings. The van der Waals surface area contributed by atoms with Gasteiger partial charge in [0.15, 0.2) is 8.24 Å². The lowest BCUT2D eigenvalue weighted by atomic mass is 10.2. The van der Waals surface area contributed by atoms with Crippen LogP contribution in [-0.2, 0) is 9.92 Å². The molecule has 0 saturated carbocycles. The zero-order valence-corrected chi connectivity index (χ0v) is 14.7. The number of nitrogens with zero attached hydrogens (tertiary/aromatic N) is 1. The summed E-state index contributed by atoms with van der Waals surface area (Å²) >= 11 is 0. The normalized spacial score (nSPS) is 15.7. The number of benzene rings is 1. The van der Waals surface area contributed by atoms with E-state index in [1.54, 1.807) is 0 Å². The molecule has 1 unspecified atom stereocenters. The van der Waals surface area contributed by atoms with Crippen LogP contribution in [-0.4, -0.2) is 19.1 Å². The minimum Gasteiger partial charge on any atom is -0.435 e. The van der Waals surface area contributed by atoms with Gasteiger partial charge in [0.2, 0.25) is 0 Å². The fourth-order valence-electron chi connectivity index (χ4n) is 1.34. The molecule has 21 heavy (non-hydrogen) atoms. The summed E-state index contributed by atoms with van der Waals surface area (Å²) < 4.78 is 45.5. The van der Waals surface area contributed by atoms with Crippen LogP contribution in [0.5, 0.6) is 5.75 Å². The Labute approximate surface area is 126 Å². The molecule has 0 aliphatic carbocycles. The van der Waals surface area contributed by atoms with Gasteiger partial charge >= 0.3 is 6.61 Å². The molecule has 2 N–H and O–H groups in total. The van der Waals surface area contributed by atoms with Crippen molar-refractivity contribution in [3.8, 4) is 5.75 Å². The standard InChI is InChI=1S/C13H22F2N2O2SSi/c1-13(2,3)21(4,5)17-20(16,18)11-8-6-10(7-9-11)19-12(14)15/h6-9,12H,1-5H3,(H2,16,17,18). The van der Waals surface area contributed by atoms with Gasteiger partial charge in [0.05, 0.1) is 4.90 Å². The Morgan fingerprint density at radius 1 is 1.24 bits per heavy atom. The fraction of sp³-hybridized carbons (Fsp3) is 0.538. The lowest BCUT2D eigenvalue weighted by molar-refractivity contribution is -0.0498. The smallest absolute Gasteiger partial charge is 0.387 e. The van der Waals surface area contributed by atoms with Crippen molar-refractivity contribution in [3.05, 3.63) is 24.3 Å². The Morgan fingerprint density at radius 2 is 1.71 bits per heavy atom. The molecule has 0 bridgehead atoms. The average Bonchev–Trinajstić information content (AvgIpc) is 2.25. The van der Waals surface area contributed by atoms with E-state index in [2.05, 4.69) is 8.77 Å². The zero-order valence-electron chi connectivity index (χ0n) is 12.9. The summed E-state index contributed by atoms with van der Waals surface area (Å²) in [6, 6.07) is 5.46. The highest BCUT2D eigenvalue weighted by Crippen LogP contribution is 2.37. The molecule has 0 saturated heterocycles. The Kier molecular flexibility index (Phi) is 5.17. The van der Waals surface area contributed by atoms with Crippen molar-refractivity contribution in [1.29, 1.82) is 0 Å². The molecule has 1 aromatic rings. The molecule has 1 aromatic carbocycles. The summed E-state index contributed by atoms with van der Waals surface area (Å²) in [6.07, 6.45) is 0. The minimum absolute atomic E-state index is 0.00345. The molecule has 0 fully saturated rings. The third-order valence-electron chi connectivity index (χ3n) is 3.59. The van der Waals surface area contributed by atoms with E-state index in [1.807, 2.05) is 33.9 Å². The van der Waals surface area contributed by atoms with Crippen molar-refractivity contribution in [2.45, 2.75) is 50.4 Å². The minimum atomic E-state index is -3.05. The van der Waals surface area contributed by atoms with Gasteiger partial charge in [0.1, 0.15) is 15.7 Å². The SMILES string of the molecule is CC(C)(C)[Si](C)(C)N=S(N)(=O)c1ccc(OC(F)F)cc1. The van der Waals surface area contributed by atoms with Gasteiger partial charge in [-0.05, 0) is 42.4 Å². The van der Waals surface area contributed by atoms with E-state index in [4.69, 9.17) is 5.14 Å². The number of halogens is 2. The van der Waals surface area contributed by atoms with E-state index in [1.165, 1.54) is 24.3 Å². The number of ether oxygens (including phenoxy) is 1. The summed E-state index contributed by atoms with van der Waals surface area (Å²) in [5.74, 6) is -0.00345. The molecule has 1 atom stereocenters. The first-order valence-corrected chi connectivity index (χ1v) is 11.0. The van der Waals surface area contributed by atoms with Crippen molar-refractivity contribution in [2.75, 3.05) is 0 Å². The maximum Gasteiger partial charge on any atom is 0.387 e. The van der Waals surface area contributed by atoms with Crippen LogP contribution in [0.2, 0.25) is 18.1 Å². The van der Waals surface area contributed by atoms with Gasteiger partial charge in [-0.15, -0.1) is 0 Å². The third-order valence-corrected chi connectivity index (χ3v) is 11.1. The molecule has 0 radical (unpaired) electrons. The van der Waals surface area contributed by atoms with Gasteiger partial charge in [-0.25, -0.2) is 9.35 Å². The van der Waals surface area contributed by atoms with Crippen molar-refractivity contribution in [2.24, 2.45) is 9.17 Å². The van der Waals surface area contributed by atoms with E-state index in [0.717, 1.165) is 0 Å². The van der Waals surface area contributed by atoms with Gasteiger partial charge in [-0.2, -0.15) is 8.78 Å². The highest BCUT2D eigenvalue weighted by Gasteiger charge is 2.37. The predicted molar refractivity (Wildman–Crippen MR) is 83.3 cm³/mol. The number of hydrogen-bond donors (Lipinski definition) is 1. The largest absolute Gasteiger partial charge is 0.435 e. The second-order valence-corrected chi connectivity index (χ2v) is 13.3. The molecular formula is C13H22F2N2O2SSi. The topological polar surface area (TPSA) is 64.7 Å². The molecule has 0 heterocycles. The Balaban J connectivity index is 3.17. The highest BCUT2D eigenvalue weighted by molar-refractivity contribution is 7.92. The van der Waals surface area contributed by atoms with Gasteiger partial charge in [-0.1, -0.05) is 20.8 Å². The van der Waals surface area contributed by atoms with Crippen LogP contribution in [0.25, 0.3) is 0 Å². The van der Waals surface area contributed by atoms with Gasteiger partial charge < -0.3 is 4.74 Å². The molecule has 0 aromatic heterocycles. The Bertz CT molecular complexity index is 604. The summed E-state index contributed by atoms with van der Waals surface area (Å²) in [6.45, 7) is 7.21. The lowest BCUT2D eigenvalue weighted by Crippen LogP contribution is -2.37. The van der Waals surface area contributed by atoms with Gasteiger partial charge in [0, 0.05) is 0 Å². The predicted octanol–water partition coefficient (Wildman–Crippen LogP) is 3.99. The summed E-state index contributed by atoms with van der Waals surface area (Å²) in [4.78, 5) is 0.314. The van der Waals surface area contributed by atoms with E-state index in [-0.39, 0.29) is 10.8 Å². The second kappa shape index (κ2) is 6.02.